The van der Waals surface area contributed by atoms with Crippen LogP contribution in [0.25, 0.3) is 11.0 Å². The maximum Gasteiger partial charge on any atom is 0.287 e. The van der Waals surface area contributed by atoms with Gasteiger partial charge in [0.25, 0.3) is 5.91 Å². The number of rotatable bonds is 8. The lowest BCUT2D eigenvalue weighted by molar-refractivity contribution is 0.0886. The van der Waals surface area contributed by atoms with Gasteiger partial charge in [-0.1, -0.05) is 35.3 Å². The molecule has 2 aromatic carbocycles. The lowest BCUT2D eigenvalue weighted by atomic mass is 10.1. The van der Waals surface area contributed by atoms with Gasteiger partial charge in [0.05, 0.1) is 16.7 Å². The first-order valence-corrected chi connectivity index (χ1v) is 11.6. The van der Waals surface area contributed by atoms with Crippen LogP contribution in [0.4, 0.5) is 0 Å². The second-order valence-electron chi connectivity index (χ2n) is 7.71. The molecule has 0 aliphatic carbocycles. The minimum Gasteiger partial charge on any atom is -0.490 e. The number of fused-ring (bicyclic) bond motifs is 1. The van der Waals surface area contributed by atoms with Crippen molar-refractivity contribution in [1.29, 1.82) is 0 Å². The number of benzene rings is 2. The maximum absolute atomic E-state index is 12.5. The number of carbonyl (C=O) groups is 1. The second-order valence-corrected chi connectivity index (χ2v) is 8.52. The van der Waals surface area contributed by atoms with Crippen molar-refractivity contribution < 1.29 is 18.7 Å². The molecule has 1 N–H and O–H groups in total. The van der Waals surface area contributed by atoms with Crippen LogP contribution in [0.5, 0.6) is 11.5 Å². The van der Waals surface area contributed by atoms with E-state index in [4.69, 9.17) is 37.1 Å². The third-order valence-electron chi connectivity index (χ3n) is 5.47. The van der Waals surface area contributed by atoms with Crippen molar-refractivity contribution in [2.24, 2.45) is 0 Å². The van der Waals surface area contributed by atoms with Crippen LogP contribution < -0.4 is 14.8 Å². The van der Waals surface area contributed by atoms with Gasteiger partial charge in [0.1, 0.15) is 11.9 Å². The van der Waals surface area contributed by atoms with E-state index in [1.165, 1.54) is 0 Å². The van der Waals surface area contributed by atoms with Crippen LogP contribution in [0.15, 0.2) is 46.9 Å². The molecular weight excluding hydrogens is 451 g/mol. The summed E-state index contributed by atoms with van der Waals surface area (Å²) in [5, 5.41) is 4.82. The minimum atomic E-state index is -0.221. The van der Waals surface area contributed by atoms with Crippen molar-refractivity contribution in [2.75, 3.05) is 32.8 Å². The fourth-order valence-electron chi connectivity index (χ4n) is 3.83. The monoisotopic (exact) mass is 476 g/mol. The zero-order valence-corrected chi connectivity index (χ0v) is 19.4. The number of nitrogens with one attached hydrogen (secondary N) is 1. The molecule has 2 heterocycles. The fourth-order valence-corrected chi connectivity index (χ4v) is 4.11. The van der Waals surface area contributed by atoms with Gasteiger partial charge in [-0.3, -0.25) is 4.79 Å². The number of amides is 1. The van der Waals surface area contributed by atoms with Gasteiger partial charge in [-0.05, 0) is 44.0 Å². The minimum absolute atomic E-state index is 0.146. The molecule has 1 aromatic heterocycles. The normalized spacial score (nSPS) is 15.1. The molecule has 8 heteroatoms. The van der Waals surface area contributed by atoms with E-state index < -0.39 is 0 Å². The van der Waals surface area contributed by atoms with Crippen molar-refractivity contribution in [2.45, 2.75) is 25.9 Å². The molecule has 170 valence electrons. The Kier molecular flexibility index (Phi) is 7.45. The molecule has 3 aromatic rings. The van der Waals surface area contributed by atoms with Gasteiger partial charge < -0.3 is 24.1 Å². The Labute approximate surface area is 197 Å². The molecule has 0 bridgehead atoms. The summed E-state index contributed by atoms with van der Waals surface area (Å²) < 4.78 is 17.4. The van der Waals surface area contributed by atoms with Gasteiger partial charge in [0.2, 0.25) is 0 Å². The van der Waals surface area contributed by atoms with Crippen LogP contribution in [0, 0.1) is 0 Å². The van der Waals surface area contributed by atoms with E-state index in [1.807, 2.05) is 31.2 Å². The summed E-state index contributed by atoms with van der Waals surface area (Å²) in [6, 6.07) is 12.7. The summed E-state index contributed by atoms with van der Waals surface area (Å²) in [5.74, 6) is 1.46. The third kappa shape index (κ3) is 5.49. The molecule has 6 nitrogen and oxygen atoms in total. The van der Waals surface area contributed by atoms with Gasteiger partial charge >= 0.3 is 0 Å². The lowest BCUT2D eigenvalue weighted by Gasteiger charge is -2.32. The Balaban J connectivity index is 1.22. The molecule has 0 radical (unpaired) electrons. The largest absolute Gasteiger partial charge is 0.490 e. The summed E-state index contributed by atoms with van der Waals surface area (Å²) in [7, 11) is 0. The van der Waals surface area contributed by atoms with Crippen LogP contribution in [-0.4, -0.2) is 49.7 Å². The standard InChI is InChI=1S/C24H26Cl2N2O4/c1-2-30-21-5-3-4-16-14-22(32-23(16)21)24(29)27-10-13-28-11-8-17(9-12-28)31-18-6-7-19(25)20(26)15-18/h3-7,14-15,17H,2,8-13H2,1H3,(H,27,29). The van der Waals surface area contributed by atoms with Crippen LogP contribution in [0.1, 0.15) is 30.3 Å². The van der Waals surface area contributed by atoms with Gasteiger partial charge in [-0.2, -0.15) is 0 Å². The smallest absolute Gasteiger partial charge is 0.287 e. The summed E-state index contributed by atoms with van der Waals surface area (Å²) >= 11 is 12.0. The highest BCUT2D eigenvalue weighted by Gasteiger charge is 2.21. The number of nitrogens with zero attached hydrogens (tertiary/aromatic N) is 1. The van der Waals surface area contributed by atoms with E-state index in [2.05, 4.69) is 10.2 Å². The SMILES string of the molecule is CCOc1cccc2cc(C(=O)NCCN3CCC(Oc4ccc(Cl)c(Cl)c4)CC3)oc12. The molecule has 4 rings (SSSR count). The molecule has 1 aliphatic heterocycles. The average Bonchev–Trinajstić information content (AvgIpc) is 3.23. The molecule has 0 spiro atoms. The molecule has 1 aliphatic rings. The molecule has 32 heavy (non-hydrogen) atoms. The van der Waals surface area contributed by atoms with E-state index in [0.29, 0.717) is 40.3 Å². The van der Waals surface area contributed by atoms with Crippen LogP contribution in [0.3, 0.4) is 0 Å². The molecule has 1 fully saturated rings. The summed E-state index contributed by atoms with van der Waals surface area (Å²) in [6.07, 6.45) is 1.98. The number of likely N-dealkylation sites (tertiary alicyclic amines) is 1. The van der Waals surface area contributed by atoms with Crippen molar-refractivity contribution in [3.63, 3.8) is 0 Å². The van der Waals surface area contributed by atoms with Crippen LogP contribution in [0.2, 0.25) is 10.0 Å². The average molecular weight is 477 g/mol. The number of furan rings is 1. The molecule has 0 saturated carbocycles. The Hall–Kier alpha value is -2.41. The van der Waals surface area contributed by atoms with Crippen molar-refractivity contribution in [3.05, 3.63) is 58.3 Å². The highest BCUT2D eigenvalue weighted by Crippen LogP contribution is 2.29. The Morgan fingerprint density at radius 1 is 1.16 bits per heavy atom. The number of carbonyl (C=O) groups excluding carboxylic acids is 1. The van der Waals surface area contributed by atoms with E-state index in [1.54, 1.807) is 18.2 Å². The molecule has 0 unspecified atom stereocenters. The van der Waals surface area contributed by atoms with Crippen LogP contribution >= 0.6 is 23.2 Å². The number of piperidine rings is 1. The van der Waals surface area contributed by atoms with Gasteiger partial charge in [-0.25, -0.2) is 0 Å². The maximum atomic E-state index is 12.5. The first-order chi connectivity index (χ1) is 15.5. The van der Waals surface area contributed by atoms with Gasteiger partial charge in [0, 0.05) is 37.6 Å². The van der Waals surface area contributed by atoms with Gasteiger partial charge in [0.15, 0.2) is 17.1 Å². The first kappa shape index (κ1) is 22.8. The van der Waals surface area contributed by atoms with Crippen molar-refractivity contribution in [3.8, 4) is 11.5 Å². The topological polar surface area (TPSA) is 63.9 Å². The zero-order valence-electron chi connectivity index (χ0n) is 17.9. The summed E-state index contributed by atoms with van der Waals surface area (Å²) in [4.78, 5) is 14.8. The number of hydrogen-bond donors (Lipinski definition) is 1. The molecular formula is C24H26Cl2N2O4. The summed E-state index contributed by atoms with van der Waals surface area (Å²) in [5.41, 5.74) is 0.601. The predicted molar refractivity (Wildman–Crippen MR) is 126 cm³/mol. The predicted octanol–water partition coefficient (Wildman–Crippen LogP) is 5.41. The molecule has 0 atom stereocenters. The van der Waals surface area contributed by atoms with E-state index >= 15 is 0 Å². The second kappa shape index (κ2) is 10.5. The van der Waals surface area contributed by atoms with E-state index in [-0.39, 0.29) is 12.0 Å². The highest BCUT2D eigenvalue weighted by atomic mass is 35.5. The Morgan fingerprint density at radius 2 is 1.97 bits per heavy atom. The molecule has 1 saturated heterocycles. The number of halogens is 2. The highest BCUT2D eigenvalue weighted by molar-refractivity contribution is 6.42. The van der Waals surface area contributed by atoms with E-state index in [9.17, 15) is 4.79 Å². The van der Waals surface area contributed by atoms with Crippen molar-refractivity contribution in [1.82, 2.24) is 10.2 Å². The third-order valence-corrected chi connectivity index (χ3v) is 6.21. The first-order valence-electron chi connectivity index (χ1n) is 10.8. The number of ether oxygens (including phenoxy) is 2. The fraction of sp³-hybridized carbons (Fsp3) is 0.375. The number of para-hydroxylation sites is 1. The Bertz CT molecular complexity index is 1080. The van der Waals surface area contributed by atoms with E-state index in [0.717, 1.165) is 43.6 Å². The Morgan fingerprint density at radius 3 is 2.72 bits per heavy atom. The molecule has 1 amide bonds. The van der Waals surface area contributed by atoms with Gasteiger partial charge in [-0.15, -0.1) is 0 Å². The zero-order chi connectivity index (χ0) is 22.5. The number of hydrogen-bond acceptors (Lipinski definition) is 5. The quantitative estimate of drug-likeness (QED) is 0.470. The summed E-state index contributed by atoms with van der Waals surface area (Å²) in [6.45, 7) is 5.59. The van der Waals surface area contributed by atoms with Crippen LogP contribution in [-0.2, 0) is 0 Å². The lowest BCUT2D eigenvalue weighted by Crippen LogP contribution is -2.42. The van der Waals surface area contributed by atoms with Crippen molar-refractivity contribution >= 4 is 40.1 Å².